The van der Waals surface area contributed by atoms with Gasteiger partial charge in [0.1, 0.15) is 11.5 Å². The number of hydrogen-bond donors (Lipinski definition) is 1. The third-order valence-corrected chi connectivity index (χ3v) is 5.75. The van der Waals surface area contributed by atoms with Gasteiger partial charge < -0.3 is 14.8 Å². The van der Waals surface area contributed by atoms with Crippen LogP contribution in [-0.4, -0.2) is 40.3 Å². The number of hydrogen-bond acceptors (Lipinski definition) is 5. The van der Waals surface area contributed by atoms with E-state index in [0.29, 0.717) is 18.0 Å². The van der Waals surface area contributed by atoms with Crippen molar-refractivity contribution in [2.45, 2.75) is 26.0 Å². The average Bonchev–Trinajstić information content (AvgIpc) is 2.85. The summed E-state index contributed by atoms with van der Waals surface area (Å²) < 4.78 is 36.7. The van der Waals surface area contributed by atoms with Gasteiger partial charge in [0.25, 0.3) is 5.91 Å². The number of anilines is 1. The monoisotopic (exact) mass is 404 g/mol. The van der Waals surface area contributed by atoms with Crippen LogP contribution in [0, 0.1) is 6.92 Å². The normalized spacial score (nSPS) is 16.5. The van der Waals surface area contributed by atoms with Crippen molar-refractivity contribution in [2.75, 3.05) is 24.2 Å². The lowest BCUT2D eigenvalue weighted by Crippen LogP contribution is -2.39. The molecule has 0 bridgehead atoms. The van der Waals surface area contributed by atoms with Gasteiger partial charge in [-0.1, -0.05) is 18.2 Å². The lowest BCUT2D eigenvalue weighted by atomic mass is 10.2. The van der Waals surface area contributed by atoms with Gasteiger partial charge in [0.05, 0.1) is 19.1 Å². The van der Waals surface area contributed by atoms with E-state index in [0.717, 1.165) is 23.1 Å². The number of aryl methyl sites for hydroxylation is 1. The second kappa shape index (κ2) is 8.10. The summed E-state index contributed by atoms with van der Waals surface area (Å²) >= 11 is 0. The van der Waals surface area contributed by atoms with Crippen molar-refractivity contribution in [1.82, 2.24) is 5.32 Å². The Hall–Kier alpha value is -2.74. The quantitative estimate of drug-likeness (QED) is 0.826. The van der Waals surface area contributed by atoms with E-state index in [1.54, 1.807) is 19.2 Å². The van der Waals surface area contributed by atoms with Crippen molar-refractivity contribution in [1.29, 1.82) is 0 Å². The first kappa shape index (κ1) is 20.0. The summed E-state index contributed by atoms with van der Waals surface area (Å²) in [4.78, 5) is 12.7. The molecule has 1 unspecified atom stereocenters. The topological polar surface area (TPSA) is 84.9 Å². The second-order valence-corrected chi connectivity index (χ2v) is 8.67. The molecule has 0 aromatic heterocycles. The van der Waals surface area contributed by atoms with Gasteiger partial charge >= 0.3 is 0 Å². The van der Waals surface area contributed by atoms with Crippen LogP contribution >= 0.6 is 0 Å². The smallest absolute Gasteiger partial charge is 0.261 e. The Morgan fingerprint density at radius 1 is 1.25 bits per heavy atom. The molecule has 0 saturated carbocycles. The molecule has 0 aliphatic carbocycles. The van der Waals surface area contributed by atoms with Crippen LogP contribution in [0.1, 0.15) is 17.5 Å². The lowest BCUT2D eigenvalue weighted by molar-refractivity contribution is -0.128. The second-order valence-electron chi connectivity index (χ2n) is 6.77. The fourth-order valence-corrected chi connectivity index (χ4v) is 4.00. The van der Waals surface area contributed by atoms with Crippen molar-refractivity contribution in [3.63, 3.8) is 0 Å². The number of amides is 1. The number of methoxy groups -OCH3 is 1. The predicted molar refractivity (Wildman–Crippen MR) is 107 cm³/mol. The molecule has 3 rings (SSSR count). The molecular formula is C20H24N2O5S. The highest BCUT2D eigenvalue weighted by molar-refractivity contribution is 7.92. The summed E-state index contributed by atoms with van der Waals surface area (Å²) in [6, 6.07) is 12.7. The van der Waals surface area contributed by atoms with E-state index in [1.807, 2.05) is 37.3 Å². The van der Waals surface area contributed by atoms with Gasteiger partial charge in [-0.3, -0.25) is 9.10 Å². The van der Waals surface area contributed by atoms with E-state index in [9.17, 15) is 13.2 Å². The predicted octanol–water partition coefficient (Wildman–Crippen LogP) is 2.24. The fraction of sp³-hybridized carbons (Fsp3) is 0.350. The number of carbonyl (C=O) groups excluding carboxylic acids is 1. The van der Waals surface area contributed by atoms with Gasteiger partial charge in [0.2, 0.25) is 10.0 Å². The maximum atomic E-state index is 12.7. The molecule has 1 aliphatic heterocycles. The van der Waals surface area contributed by atoms with Crippen LogP contribution in [0.4, 0.5) is 5.69 Å². The molecular weight excluding hydrogens is 380 g/mol. The van der Waals surface area contributed by atoms with E-state index in [1.165, 1.54) is 4.31 Å². The molecule has 150 valence electrons. The SMILES string of the molecule is COc1ccc(CNC(=O)C2CCN(S(C)(=O)=O)c3cc(C)ccc3O2)cc1. The van der Waals surface area contributed by atoms with Crippen molar-refractivity contribution in [3.05, 3.63) is 53.6 Å². The number of carbonyl (C=O) groups is 1. The number of sulfonamides is 1. The van der Waals surface area contributed by atoms with Crippen LogP contribution in [0.15, 0.2) is 42.5 Å². The Balaban J connectivity index is 1.74. The van der Waals surface area contributed by atoms with Crippen molar-refractivity contribution >= 4 is 21.6 Å². The first-order valence-corrected chi connectivity index (χ1v) is 10.8. The number of rotatable bonds is 5. The Kier molecular flexibility index (Phi) is 5.79. The Morgan fingerprint density at radius 3 is 2.61 bits per heavy atom. The van der Waals surface area contributed by atoms with Crippen molar-refractivity contribution in [3.8, 4) is 11.5 Å². The standard InChI is InChI=1S/C20H24N2O5S/c1-14-4-9-18-17(12-14)22(28(3,24)25)11-10-19(27-18)20(23)21-13-15-5-7-16(26-2)8-6-15/h4-9,12,19H,10-11,13H2,1-3H3,(H,21,23). The third kappa shape index (κ3) is 4.56. The summed E-state index contributed by atoms with van der Waals surface area (Å²) in [5, 5.41) is 2.86. The summed E-state index contributed by atoms with van der Waals surface area (Å²) in [6.07, 6.45) is 0.643. The molecule has 2 aromatic rings. The molecule has 0 radical (unpaired) electrons. The first-order chi connectivity index (χ1) is 13.3. The minimum atomic E-state index is -3.48. The molecule has 7 nitrogen and oxygen atoms in total. The maximum Gasteiger partial charge on any atom is 0.261 e. The van der Waals surface area contributed by atoms with Gasteiger partial charge in [0.15, 0.2) is 6.10 Å². The molecule has 1 N–H and O–H groups in total. The van der Waals surface area contributed by atoms with E-state index in [2.05, 4.69) is 5.32 Å². The van der Waals surface area contributed by atoms with Crippen molar-refractivity contribution < 1.29 is 22.7 Å². The van der Waals surface area contributed by atoms with Crippen LogP contribution < -0.4 is 19.1 Å². The number of nitrogens with zero attached hydrogens (tertiary/aromatic N) is 1. The summed E-state index contributed by atoms with van der Waals surface area (Å²) in [5.74, 6) is 0.853. The highest BCUT2D eigenvalue weighted by Gasteiger charge is 2.31. The number of nitrogens with one attached hydrogen (secondary N) is 1. The summed E-state index contributed by atoms with van der Waals surface area (Å²) in [6.45, 7) is 2.40. The molecule has 1 aliphatic rings. The van der Waals surface area contributed by atoms with Crippen LogP contribution in [0.3, 0.4) is 0 Å². The molecule has 0 fully saturated rings. The molecule has 28 heavy (non-hydrogen) atoms. The Bertz CT molecular complexity index is 957. The molecule has 2 aromatic carbocycles. The minimum Gasteiger partial charge on any atom is -0.497 e. The number of ether oxygens (including phenoxy) is 2. The molecule has 1 atom stereocenters. The van der Waals surface area contributed by atoms with Gasteiger partial charge in [-0.15, -0.1) is 0 Å². The van der Waals surface area contributed by atoms with E-state index < -0.39 is 16.1 Å². The highest BCUT2D eigenvalue weighted by atomic mass is 32.2. The molecule has 1 heterocycles. The Labute approximate surface area is 165 Å². The first-order valence-electron chi connectivity index (χ1n) is 8.93. The zero-order valence-electron chi connectivity index (χ0n) is 16.1. The van der Waals surface area contributed by atoms with E-state index in [-0.39, 0.29) is 18.9 Å². The molecule has 8 heteroatoms. The third-order valence-electron chi connectivity index (χ3n) is 4.57. The summed E-state index contributed by atoms with van der Waals surface area (Å²) in [5.41, 5.74) is 2.31. The fourth-order valence-electron chi connectivity index (χ4n) is 3.06. The van der Waals surface area contributed by atoms with Crippen LogP contribution in [0.25, 0.3) is 0 Å². The van der Waals surface area contributed by atoms with Crippen LogP contribution in [0.2, 0.25) is 0 Å². The largest absolute Gasteiger partial charge is 0.497 e. The van der Waals surface area contributed by atoms with Crippen LogP contribution in [-0.2, 0) is 21.4 Å². The highest BCUT2D eigenvalue weighted by Crippen LogP contribution is 2.35. The summed E-state index contributed by atoms with van der Waals surface area (Å²) in [7, 11) is -1.88. The zero-order valence-corrected chi connectivity index (χ0v) is 17.0. The van der Waals surface area contributed by atoms with Crippen LogP contribution in [0.5, 0.6) is 11.5 Å². The van der Waals surface area contributed by atoms with E-state index in [4.69, 9.17) is 9.47 Å². The number of fused-ring (bicyclic) bond motifs is 1. The number of benzene rings is 2. The van der Waals surface area contributed by atoms with Gasteiger partial charge in [0, 0.05) is 19.5 Å². The molecule has 0 spiro atoms. The molecule has 0 saturated heterocycles. The average molecular weight is 404 g/mol. The zero-order chi connectivity index (χ0) is 20.3. The minimum absolute atomic E-state index is 0.176. The van der Waals surface area contributed by atoms with E-state index >= 15 is 0 Å². The maximum absolute atomic E-state index is 12.7. The Morgan fingerprint density at radius 2 is 1.96 bits per heavy atom. The lowest BCUT2D eigenvalue weighted by Gasteiger charge is -2.21. The van der Waals surface area contributed by atoms with Gasteiger partial charge in [-0.2, -0.15) is 0 Å². The molecule has 1 amide bonds. The van der Waals surface area contributed by atoms with Crippen molar-refractivity contribution in [2.24, 2.45) is 0 Å². The van der Waals surface area contributed by atoms with Gasteiger partial charge in [-0.05, 0) is 42.3 Å². The van der Waals surface area contributed by atoms with Gasteiger partial charge in [-0.25, -0.2) is 8.42 Å².